The first-order valence-corrected chi connectivity index (χ1v) is 6.90. The van der Waals surface area contributed by atoms with E-state index in [1.165, 1.54) is 0 Å². The van der Waals surface area contributed by atoms with E-state index in [0.29, 0.717) is 12.6 Å². The van der Waals surface area contributed by atoms with E-state index in [1.807, 2.05) is 25.3 Å². The highest BCUT2D eigenvalue weighted by Gasteiger charge is 2.20. The van der Waals surface area contributed by atoms with Gasteiger partial charge < -0.3 is 14.8 Å². The highest BCUT2D eigenvalue weighted by molar-refractivity contribution is 7.98. The molecule has 0 aliphatic carbocycles. The van der Waals surface area contributed by atoms with Crippen molar-refractivity contribution in [2.24, 2.45) is 0 Å². The van der Waals surface area contributed by atoms with Crippen LogP contribution in [-0.2, 0) is 6.42 Å². The second-order valence-electron chi connectivity index (χ2n) is 4.50. The summed E-state index contributed by atoms with van der Waals surface area (Å²) >= 11 is 1.66. The van der Waals surface area contributed by atoms with Crippen molar-refractivity contribution < 1.29 is 9.52 Å². The van der Waals surface area contributed by atoms with E-state index >= 15 is 0 Å². The summed E-state index contributed by atoms with van der Waals surface area (Å²) in [5.41, 5.74) is -0.642. The van der Waals surface area contributed by atoms with E-state index in [4.69, 9.17) is 4.42 Å². The number of hydrogen-bond donors (Lipinski definition) is 2. The van der Waals surface area contributed by atoms with Gasteiger partial charge in [-0.25, -0.2) is 0 Å². The van der Waals surface area contributed by atoms with E-state index in [-0.39, 0.29) is 0 Å². The maximum absolute atomic E-state index is 9.98. The third-order valence-electron chi connectivity index (χ3n) is 2.37. The van der Waals surface area contributed by atoms with Gasteiger partial charge >= 0.3 is 0 Å². The Morgan fingerprint density at radius 2 is 2.38 bits per heavy atom. The molecule has 0 aliphatic rings. The fourth-order valence-electron chi connectivity index (χ4n) is 1.56. The van der Waals surface area contributed by atoms with Gasteiger partial charge in [0.1, 0.15) is 5.76 Å². The zero-order valence-corrected chi connectivity index (χ0v) is 11.0. The molecule has 1 heterocycles. The minimum atomic E-state index is -0.642. The van der Waals surface area contributed by atoms with Crippen molar-refractivity contribution >= 4 is 11.8 Å². The predicted molar refractivity (Wildman–Crippen MR) is 68.9 cm³/mol. The van der Waals surface area contributed by atoms with Crippen LogP contribution in [0.2, 0.25) is 0 Å². The van der Waals surface area contributed by atoms with E-state index < -0.39 is 5.60 Å². The molecule has 0 aromatic carbocycles. The first-order chi connectivity index (χ1) is 7.53. The molecule has 2 atom stereocenters. The molecular weight excluding hydrogens is 222 g/mol. The smallest absolute Gasteiger partial charge is 0.105 e. The van der Waals surface area contributed by atoms with Gasteiger partial charge in [0, 0.05) is 24.8 Å². The Balaban J connectivity index is 2.27. The van der Waals surface area contributed by atoms with Crippen LogP contribution in [0.15, 0.2) is 22.8 Å². The molecule has 92 valence electrons. The number of rotatable bonds is 7. The van der Waals surface area contributed by atoms with Crippen LogP contribution in [-0.4, -0.2) is 35.3 Å². The summed E-state index contributed by atoms with van der Waals surface area (Å²) in [4.78, 5) is 0. The molecule has 4 heteroatoms. The lowest BCUT2D eigenvalue weighted by atomic mass is 10.1. The standard InChI is InChI=1S/C12H21NO2S/c1-10(7-11-5-4-6-15-11)13-8-12(2,14)9-16-3/h4-6,10,13-14H,7-9H2,1-3H3. The van der Waals surface area contributed by atoms with Gasteiger partial charge in [0.05, 0.1) is 11.9 Å². The van der Waals surface area contributed by atoms with Crippen molar-refractivity contribution in [3.8, 4) is 0 Å². The molecule has 0 fully saturated rings. The Labute approximate surface area is 102 Å². The highest BCUT2D eigenvalue weighted by Crippen LogP contribution is 2.10. The van der Waals surface area contributed by atoms with Crippen molar-refractivity contribution in [2.45, 2.75) is 31.9 Å². The maximum Gasteiger partial charge on any atom is 0.105 e. The first kappa shape index (κ1) is 13.6. The molecule has 2 N–H and O–H groups in total. The van der Waals surface area contributed by atoms with Crippen molar-refractivity contribution in [3.63, 3.8) is 0 Å². The third kappa shape index (κ3) is 5.05. The molecule has 0 spiro atoms. The van der Waals surface area contributed by atoms with E-state index in [2.05, 4.69) is 12.2 Å². The van der Waals surface area contributed by atoms with Crippen LogP contribution in [0.4, 0.5) is 0 Å². The molecule has 0 aliphatic heterocycles. The average molecular weight is 243 g/mol. The van der Waals surface area contributed by atoms with Crippen molar-refractivity contribution in [2.75, 3.05) is 18.6 Å². The summed E-state index contributed by atoms with van der Waals surface area (Å²) in [7, 11) is 0. The summed E-state index contributed by atoms with van der Waals surface area (Å²) < 4.78 is 5.28. The molecule has 1 rings (SSSR count). The van der Waals surface area contributed by atoms with Gasteiger partial charge in [-0.1, -0.05) is 0 Å². The molecule has 3 nitrogen and oxygen atoms in total. The van der Waals surface area contributed by atoms with Gasteiger partial charge in [-0.3, -0.25) is 0 Å². The quantitative estimate of drug-likeness (QED) is 0.768. The Morgan fingerprint density at radius 3 is 2.94 bits per heavy atom. The molecule has 0 saturated heterocycles. The normalized spacial score (nSPS) is 17.0. The van der Waals surface area contributed by atoms with E-state index in [9.17, 15) is 5.11 Å². The van der Waals surface area contributed by atoms with Crippen LogP contribution in [0.3, 0.4) is 0 Å². The van der Waals surface area contributed by atoms with Crippen molar-refractivity contribution in [1.82, 2.24) is 5.32 Å². The lowest BCUT2D eigenvalue weighted by Crippen LogP contribution is -2.43. The van der Waals surface area contributed by atoms with Crippen molar-refractivity contribution in [1.29, 1.82) is 0 Å². The molecule has 0 bridgehead atoms. The second kappa shape index (κ2) is 6.33. The Hall–Kier alpha value is -0.450. The average Bonchev–Trinajstić information content (AvgIpc) is 2.68. The van der Waals surface area contributed by atoms with Gasteiger partial charge in [-0.05, 0) is 32.2 Å². The van der Waals surface area contributed by atoms with E-state index in [1.54, 1.807) is 18.0 Å². The monoisotopic (exact) mass is 243 g/mol. The third-order valence-corrected chi connectivity index (χ3v) is 3.28. The van der Waals surface area contributed by atoms with Crippen LogP contribution in [0.1, 0.15) is 19.6 Å². The fourth-order valence-corrected chi connectivity index (χ4v) is 2.28. The molecule has 1 aromatic heterocycles. The Bertz CT molecular complexity index is 285. The summed E-state index contributed by atoms with van der Waals surface area (Å²) in [6, 6.07) is 4.17. The van der Waals surface area contributed by atoms with Crippen LogP contribution in [0.5, 0.6) is 0 Å². The van der Waals surface area contributed by atoms with Gasteiger partial charge in [0.25, 0.3) is 0 Å². The minimum Gasteiger partial charge on any atom is -0.469 e. The van der Waals surface area contributed by atoms with Crippen LogP contribution in [0.25, 0.3) is 0 Å². The van der Waals surface area contributed by atoms with Gasteiger partial charge in [-0.15, -0.1) is 0 Å². The summed E-state index contributed by atoms with van der Waals surface area (Å²) in [6.45, 7) is 4.56. The minimum absolute atomic E-state index is 0.305. The summed E-state index contributed by atoms with van der Waals surface area (Å²) in [5.74, 6) is 1.72. The summed E-state index contributed by atoms with van der Waals surface area (Å²) in [6.07, 6.45) is 4.54. The van der Waals surface area contributed by atoms with Crippen molar-refractivity contribution in [3.05, 3.63) is 24.2 Å². The maximum atomic E-state index is 9.98. The number of nitrogens with one attached hydrogen (secondary N) is 1. The topological polar surface area (TPSA) is 45.4 Å². The summed E-state index contributed by atoms with van der Waals surface area (Å²) in [5, 5.41) is 13.3. The first-order valence-electron chi connectivity index (χ1n) is 5.50. The SMILES string of the molecule is CSCC(C)(O)CNC(C)Cc1ccco1. The van der Waals surface area contributed by atoms with Gasteiger partial charge in [0.15, 0.2) is 0 Å². The number of aliphatic hydroxyl groups is 1. The molecule has 0 amide bonds. The molecule has 1 aromatic rings. The molecule has 0 radical (unpaired) electrons. The second-order valence-corrected chi connectivity index (χ2v) is 5.36. The highest BCUT2D eigenvalue weighted by atomic mass is 32.2. The molecular formula is C12H21NO2S. The Kier molecular flexibility index (Phi) is 5.38. The number of thioether (sulfide) groups is 1. The largest absolute Gasteiger partial charge is 0.469 e. The number of furan rings is 1. The zero-order valence-electron chi connectivity index (χ0n) is 10.2. The fraction of sp³-hybridized carbons (Fsp3) is 0.667. The van der Waals surface area contributed by atoms with Crippen LogP contribution in [0, 0.1) is 0 Å². The molecule has 16 heavy (non-hydrogen) atoms. The lowest BCUT2D eigenvalue weighted by Gasteiger charge is -2.24. The van der Waals surface area contributed by atoms with E-state index in [0.717, 1.165) is 17.9 Å². The lowest BCUT2D eigenvalue weighted by molar-refractivity contribution is 0.0818. The zero-order chi connectivity index (χ0) is 12.0. The van der Waals surface area contributed by atoms with Crippen LogP contribution >= 0.6 is 11.8 Å². The molecule has 0 saturated carbocycles. The van der Waals surface area contributed by atoms with Crippen LogP contribution < -0.4 is 5.32 Å². The predicted octanol–water partition coefficient (Wildman–Crippen LogP) is 1.91. The van der Waals surface area contributed by atoms with Gasteiger partial charge in [0.2, 0.25) is 0 Å². The number of hydrogen-bond acceptors (Lipinski definition) is 4. The molecule has 2 unspecified atom stereocenters. The Morgan fingerprint density at radius 1 is 1.62 bits per heavy atom. The van der Waals surface area contributed by atoms with Gasteiger partial charge in [-0.2, -0.15) is 11.8 Å².